The molecule has 4 nitrogen and oxygen atoms in total. The quantitative estimate of drug-likeness (QED) is 0.406. The van der Waals surface area contributed by atoms with Gasteiger partial charge in [-0.1, -0.05) is 41.7 Å². The lowest BCUT2D eigenvalue weighted by molar-refractivity contribution is -0.144. The van der Waals surface area contributed by atoms with Gasteiger partial charge in [0.1, 0.15) is 5.75 Å². The number of hydrogen-bond acceptors (Lipinski definition) is 4. The van der Waals surface area contributed by atoms with Crippen molar-refractivity contribution in [1.82, 2.24) is 0 Å². The van der Waals surface area contributed by atoms with Crippen LogP contribution in [0, 0.1) is 0 Å². The number of rotatable bonds is 7. The lowest BCUT2D eigenvalue weighted by atomic mass is 10.2. The topological polar surface area (TPSA) is 52.6 Å². The lowest BCUT2D eigenvalue weighted by Crippen LogP contribution is -2.10. The van der Waals surface area contributed by atoms with Gasteiger partial charge in [0.15, 0.2) is 0 Å². The van der Waals surface area contributed by atoms with Crippen molar-refractivity contribution in [1.29, 1.82) is 0 Å². The molecule has 1 aromatic carbocycles. The maximum atomic E-state index is 11.6. The van der Waals surface area contributed by atoms with Gasteiger partial charge in [0, 0.05) is 25.0 Å². The van der Waals surface area contributed by atoms with Crippen LogP contribution in [-0.4, -0.2) is 18.5 Å². The van der Waals surface area contributed by atoms with Crippen molar-refractivity contribution in [2.75, 3.05) is 6.61 Å². The molecule has 0 aliphatic rings. The third-order valence-corrected chi connectivity index (χ3v) is 3.61. The Labute approximate surface area is 138 Å². The van der Waals surface area contributed by atoms with E-state index < -0.39 is 5.97 Å². The van der Waals surface area contributed by atoms with E-state index in [4.69, 9.17) is 44.3 Å². The summed E-state index contributed by atoms with van der Waals surface area (Å²) in [5, 5.41) is 0.613. The van der Waals surface area contributed by atoms with Gasteiger partial charge in [-0.25, -0.2) is 0 Å². The predicted molar refractivity (Wildman–Crippen MR) is 82.2 cm³/mol. The Kier molecular flexibility index (Phi) is 7.86. The molecule has 0 N–H and O–H groups in total. The van der Waals surface area contributed by atoms with Crippen molar-refractivity contribution in [3.05, 3.63) is 27.2 Å². The Morgan fingerprint density at radius 3 is 2.19 bits per heavy atom. The fraction of sp³-hybridized carbons (Fsp3) is 0.429. The van der Waals surface area contributed by atoms with E-state index in [0.717, 1.165) is 6.42 Å². The monoisotopic (exact) mass is 352 g/mol. The van der Waals surface area contributed by atoms with Crippen LogP contribution >= 0.6 is 34.8 Å². The summed E-state index contributed by atoms with van der Waals surface area (Å²) in [6.07, 6.45) is 1.40. The molecule has 0 radical (unpaired) electrons. The molecule has 21 heavy (non-hydrogen) atoms. The first kappa shape index (κ1) is 18.1. The molecule has 0 atom stereocenters. The summed E-state index contributed by atoms with van der Waals surface area (Å²) in [4.78, 5) is 22.9. The number of carbonyl (C=O) groups excluding carboxylic acids is 2. The van der Waals surface area contributed by atoms with Crippen molar-refractivity contribution in [3.63, 3.8) is 0 Å². The summed E-state index contributed by atoms with van der Waals surface area (Å²) in [5.41, 5.74) is 0. The van der Waals surface area contributed by atoms with Gasteiger partial charge in [-0.2, -0.15) is 0 Å². The molecule has 0 aliphatic carbocycles. The highest BCUT2D eigenvalue weighted by Gasteiger charge is 2.11. The molecule has 0 fully saturated rings. The molecule has 0 heterocycles. The zero-order valence-corrected chi connectivity index (χ0v) is 13.7. The Hall–Kier alpha value is -0.970. The van der Waals surface area contributed by atoms with Gasteiger partial charge in [0.05, 0.1) is 21.7 Å². The van der Waals surface area contributed by atoms with Gasteiger partial charge in [-0.15, -0.1) is 0 Å². The van der Waals surface area contributed by atoms with Crippen LogP contribution in [-0.2, 0) is 14.3 Å². The molecule has 116 valence electrons. The average Bonchev–Trinajstić information content (AvgIpc) is 2.42. The molecule has 0 saturated carbocycles. The minimum atomic E-state index is -0.479. The van der Waals surface area contributed by atoms with Crippen molar-refractivity contribution in [2.24, 2.45) is 0 Å². The van der Waals surface area contributed by atoms with Crippen LogP contribution < -0.4 is 4.74 Å². The maximum absolute atomic E-state index is 11.6. The molecule has 1 aromatic rings. The molecular formula is C14H15Cl3O4. The molecule has 0 amide bonds. The molecule has 7 heteroatoms. The average molecular weight is 354 g/mol. The van der Waals surface area contributed by atoms with E-state index in [9.17, 15) is 9.59 Å². The first-order valence-electron chi connectivity index (χ1n) is 6.45. The second-order valence-corrected chi connectivity index (χ2v) is 5.44. The molecule has 0 bridgehead atoms. The summed E-state index contributed by atoms with van der Waals surface area (Å²) in [7, 11) is 0. The number of benzene rings is 1. The lowest BCUT2D eigenvalue weighted by Gasteiger charge is -2.07. The highest BCUT2D eigenvalue weighted by atomic mass is 35.5. The fourth-order valence-corrected chi connectivity index (χ4v) is 2.01. The molecule has 1 rings (SSSR count). The van der Waals surface area contributed by atoms with E-state index in [1.807, 2.05) is 6.92 Å². The Morgan fingerprint density at radius 2 is 1.62 bits per heavy atom. The van der Waals surface area contributed by atoms with Gasteiger partial charge in [-0.05, 0) is 12.8 Å². The van der Waals surface area contributed by atoms with E-state index in [1.165, 1.54) is 12.1 Å². The maximum Gasteiger partial charge on any atom is 0.311 e. The van der Waals surface area contributed by atoms with Gasteiger partial charge < -0.3 is 9.47 Å². The van der Waals surface area contributed by atoms with Crippen molar-refractivity contribution >= 4 is 46.7 Å². The van der Waals surface area contributed by atoms with Crippen LogP contribution in [0.15, 0.2) is 12.1 Å². The van der Waals surface area contributed by atoms with Crippen molar-refractivity contribution in [2.45, 2.75) is 32.6 Å². The molecule has 0 spiro atoms. The largest absolute Gasteiger partial charge is 0.466 e. The Morgan fingerprint density at radius 1 is 1.05 bits per heavy atom. The third kappa shape index (κ3) is 6.55. The smallest absolute Gasteiger partial charge is 0.311 e. The van der Waals surface area contributed by atoms with Crippen LogP contribution in [0.25, 0.3) is 0 Å². The van der Waals surface area contributed by atoms with Crippen LogP contribution in [0.5, 0.6) is 5.75 Å². The first-order chi connectivity index (χ1) is 9.93. The molecular weight excluding hydrogens is 339 g/mol. The van der Waals surface area contributed by atoms with Gasteiger partial charge in [0.25, 0.3) is 0 Å². The van der Waals surface area contributed by atoms with E-state index >= 15 is 0 Å². The number of carbonyl (C=O) groups is 2. The summed E-state index contributed by atoms with van der Waals surface area (Å²) < 4.78 is 9.97. The third-order valence-electron chi connectivity index (χ3n) is 2.42. The van der Waals surface area contributed by atoms with Crippen molar-refractivity contribution < 1.29 is 19.1 Å². The van der Waals surface area contributed by atoms with Crippen LogP contribution in [0.1, 0.15) is 32.6 Å². The number of esters is 2. The van der Waals surface area contributed by atoms with Gasteiger partial charge >= 0.3 is 11.9 Å². The van der Waals surface area contributed by atoms with E-state index in [0.29, 0.717) is 13.0 Å². The summed E-state index contributed by atoms with van der Waals surface area (Å²) in [6.45, 7) is 2.30. The standard InChI is InChI=1S/C14H15Cl3O4/c1-2-6-20-12(18)4-3-5-13(19)21-9-7-10(15)14(17)11(16)8-9/h7-8H,2-6H2,1H3. The first-order valence-corrected chi connectivity index (χ1v) is 7.58. The number of hydrogen-bond donors (Lipinski definition) is 0. The number of halogens is 3. The zero-order valence-electron chi connectivity index (χ0n) is 11.5. The highest BCUT2D eigenvalue weighted by molar-refractivity contribution is 6.48. The van der Waals surface area contributed by atoms with Crippen LogP contribution in [0.4, 0.5) is 0 Å². The Bertz CT molecular complexity index is 494. The molecule has 0 saturated heterocycles. The molecule has 0 aliphatic heterocycles. The molecule has 0 aromatic heterocycles. The normalized spacial score (nSPS) is 10.3. The van der Waals surface area contributed by atoms with E-state index in [2.05, 4.69) is 0 Å². The summed E-state index contributed by atoms with van der Waals surface area (Å²) in [5.74, 6) is -0.581. The van der Waals surface area contributed by atoms with E-state index in [-0.39, 0.29) is 39.6 Å². The van der Waals surface area contributed by atoms with Crippen molar-refractivity contribution in [3.8, 4) is 5.75 Å². The fourth-order valence-electron chi connectivity index (χ4n) is 1.44. The van der Waals surface area contributed by atoms with Gasteiger partial charge in [-0.3, -0.25) is 9.59 Å². The van der Waals surface area contributed by atoms with Crippen LogP contribution in [0.3, 0.4) is 0 Å². The zero-order chi connectivity index (χ0) is 15.8. The van der Waals surface area contributed by atoms with Gasteiger partial charge in [0.2, 0.25) is 0 Å². The SMILES string of the molecule is CCCOC(=O)CCCC(=O)Oc1cc(Cl)c(Cl)c(Cl)c1. The Balaban J connectivity index is 2.39. The second kappa shape index (κ2) is 9.13. The summed E-state index contributed by atoms with van der Waals surface area (Å²) in [6, 6.07) is 2.81. The highest BCUT2D eigenvalue weighted by Crippen LogP contribution is 2.34. The predicted octanol–water partition coefficient (Wildman–Crippen LogP) is 4.68. The van der Waals surface area contributed by atoms with E-state index in [1.54, 1.807) is 0 Å². The second-order valence-electron chi connectivity index (χ2n) is 4.25. The van der Waals surface area contributed by atoms with Crippen LogP contribution in [0.2, 0.25) is 15.1 Å². The summed E-state index contributed by atoms with van der Waals surface area (Å²) >= 11 is 17.4. The number of ether oxygens (including phenoxy) is 2. The minimum Gasteiger partial charge on any atom is -0.466 e. The minimum absolute atomic E-state index is 0.0963. The molecule has 0 unspecified atom stereocenters.